The predicted octanol–water partition coefficient (Wildman–Crippen LogP) is 2.45. The minimum Gasteiger partial charge on any atom is -0.324 e. The van der Waals surface area contributed by atoms with Crippen molar-refractivity contribution < 1.29 is 4.79 Å². The van der Waals surface area contributed by atoms with E-state index < -0.39 is 0 Å². The number of anilines is 1. The van der Waals surface area contributed by atoms with Crippen LogP contribution in [-0.4, -0.2) is 54.5 Å². The number of hydrogen-bond acceptors (Lipinski definition) is 4. The van der Waals surface area contributed by atoms with Crippen LogP contribution in [-0.2, 0) is 4.79 Å². The number of piperidine rings is 2. The monoisotopic (exact) mass is 326 g/mol. The molecule has 0 bridgehead atoms. The van der Waals surface area contributed by atoms with Gasteiger partial charge in [-0.3, -0.25) is 9.69 Å². The Balaban J connectivity index is 1.45. The Kier molecular flexibility index (Phi) is 5.84. The number of rotatable bonds is 4. The van der Waals surface area contributed by atoms with Crippen molar-refractivity contribution in [3.05, 3.63) is 29.8 Å². The van der Waals surface area contributed by atoms with Crippen LogP contribution in [0.15, 0.2) is 24.3 Å². The second-order valence-electron chi connectivity index (χ2n) is 6.81. The highest BCUT2D eigenvalue weighted by Crippen LogP contribution is 2.21. The van der Waals surface area contributed by atoms with Gasteiger partial charge >= 0.3 is 0 Å². The average Bonchev–Trinajstić information content (AvgIpc) is 2.63. The van der Waals surface area contributed by atoms with Crippen LogP contribution in [0.25, 0.3) is 0 Å². The van der Waals surface area contributed by atoms with Crippen LogP contribution in [0.4, 0.5) is 5.69 Å². The first-order chi connectivity index (χ1) is 11.8. The molecule has 0 aliphatic carbocycles. The molecule has 0 spiro atoms. The van der Waals surface area contributed by atoms with Crippen molar-refractivity contribution in [3.8, 4) is 6.07 Å². The van der Waals surface area contributed by atoms with E-state index in [4.69, 9.17) is 5.26 Å². The van der Waals surface area contributed by atoms with Crippen LogP contribution < -0.4 is 5.32 Å². The van der Waals surface area contributed by atoms with Gasteiger partial charge < -0.3 is 10.2 Å². The van der Waals surface area contributed by atoms with Crippen molar-refractivity contribution in [1.29, 1.82) is 5.26 Å². The van der Waals surface area contributed by atoms with Crippen molar-refractivity contribution in [2.24, 2.45) is 0 Å². The third kappa shape index (κ3) is 4.34. The van der Waals surface area contributed by atoms with Gasteiger partial charge in [-0.25, -0.2) is 0 Å². The Hall–Kier alpha value is -1.90. The SMILES string of the molecule is N#Cc1ccccc1NC(=O)CN1CCC(N2CCCCC2)CC1. The third-order valence-corrected chi connectivity index (χ3v) is 5.15. The molecule has 0 radical (unpaired) electrons. The molecule has 1 N–H and O–H groups in total. The highest BCUT2D eigenvalue weighted by Gasteiger charge is 2.26. The van der Waals surface area contributed by atoms with Gasteiger partial charge in [-0.05, 0) is 50.9 Å². The van der Waals surface area contributed by atoms with Gasteiger partial charge in [0.2, 0.25) is 5.91 Å². The molecular formula is C19H26N4O. The number of likely N-dealkylation sites (tertiary alicyclic amines) is 2. The number of nitriles is 1. The van der Waals surface area contributed by atoms with Crippen molar-refractivity contribution in [2.75, 3.05) is 38.0 Å². The summed E-state index contributed by atoms with van der Waals surface area (Å²) < 4.78 is 0. The van der Waals surface area contributed by atoms with Crippen LogP contribution in [0.1, 0.15) is 37.7 Å². The Labute approximate surface area is 144 Å². The van der Waals surface area contributed by atoms with Crippen molar-refractivity contribution in [1.82, 2.24) is 9.80 Å². The minimum atomic E-state index is -0.0332. The van der Waals surface area contributed by atoms with Crippen molar-refractivity contribution in [3.63, 3.8) is 0 Å². The van der Waals surface area contributed by atoms with E-state index in [-0.39, 0.29) is 5.91 Å². The molecule has 0 saturated carbocycles. The van der Waals surface area contributed by atoms with Gasteiger partial charge in [0.25, 0.3) is 0 Å². The molecule has 128 valence electrons. The maximum atomic E-state index is 12.3. The zero-order chi connectivity index (χ0) is 16.8. The zero-order valence-electron chi connectivity index (χ0n) is 14.2. The molecule has 0 unspecified atom stereocenters. The molecule has 2 heterocycles. The standard InChI is InChI=1S/C19H26N4O/c20-14-16-6-2-3-7-18(16)21-19(24)15-22-12-8-17(9-13-22)23-10-4-1-5-11-23/h2-3,6-7,17H,1,4-5,8-13,15H2,(H,21,24). The molecule has 1 aromatic carbocycles. The summed E-state index contributed by atoms with van der Waals surface area (Å²) in [6.45, 7) is 4.86. The fraction of sp³-hybridized carbons (Fsp3) is 0.579. The number of amides is 1. The van der Waals surface area contributed by atoms with Crippen LogP contribution in [0.5, 0.6) is 0 Å². The van der Waals surface area contributed by atoms with Crippen molar-refractivity contribution in [2.45, 2.75) is 38.1 Å². The maximum Gasteiger partial charge on any atom is 0.238 e. The van der Waals surface area contributed by atoms with Crippen LogP contribution >= 0.6 is 0 Å². The normalized spacial score (nSPS) is 20.5. The van der Waals surface area contributed by atoms with Gasteiger partial charge in [-0.15, -0.1) is 0 Å². The van der Waals surface area contributed by atoms with E-state index in [2.05, 4.69) is 21.2 Å². The number of para-hydroxylation sites is 1. The summed E-state index contributed by atoms with van der Waals surface area (Å²) in [6.07, 6.45) is 6.35. The number of carbonyl (C=O) groups excluding carboxylic acids is 1. The van der Waals surface area contributed by atoms with Crippen LogP contribution in [0, 0.1) is 11.3 Å². The molecule has 0 atom stereocenters. The van der Waals surface area contributed by atoms with E-state index in [9.17, 15) is 4.79 Å². The van der Waals surface area contributed by atoms with Gasteiger partial charge in [-0.1, -0.05) is 18.6 Å². The van der Waals surface area contributed by atoms with Crippen molar-refractivity contribution >= 4 is 11.6 Å². The summed E-state index contributed by atoms with van der Waals surface area (Å²) in [7, 11) is 0. The van der Waals surface area contributed by atoms with Crippen LogP contribution in [0.2, 0.25) is 0 Å². The number of nitrogens with zero attached hydrogens (tertiary/aromatic N) is 3. The predicted molar refractivity (Wildman–Crippen MR) is 94.7 cm³/mol. The molecule has 3 rings (SSSR count). The first-order valence-electron chi connectivity index (χ1n) is 9.01. The van der Waals surface area contributed by atoms with Crippen LogP contribution in [0.3, 0.4) is 0 Å². The first-order valence-corrected chi connectivity index (χ1v) is 9.01. The lowest BCUT2D eigenvalue weighted by atomic mass is 10.00. The van der Waals surface area contributed by atoms with Gasteiger partial charge in [0.05, 0.1) is 17.8 Å². The van der Waals surface area contributed by atoms with E-state index >= 15 is 0 Å². The smallest absolute Gasteiger partial charge is 0.238 e. The van der Waals surface area contributed by atoms with Gasteiger partial charge in [0, 0.05) is 19.1 Å². The molecular weight excluding hydrogens is 300 g/mol. The van der Waals surface area contributed by atoms with Gasteiger partial charge in [-0.2, -0.15) is 5.26 Å². The summed E-state index contributed by atoms with van der Waals surface area (Å²) in [4.78, 5) is 17.1. The molecule has 24 heavy (non-hydrogen) atoms. The van der Waals surface area contributed by atoms with E-state index in [1.807, 2.05) is 6.07 Å². The summed E-state index contributed by atoms with van der Waals surface area (Å²) in [5.74, 6) is -0.0332. The highest BCUT2D eigenvalue weighted by atomic mass is 16.2. The molecule has 0 aromatic heterocycles. The fourth-order valence-corrected chi connectivity index (χ4v) is 3.81. The highest BCUT2D eigenvalue weighted by molar-refractivity contribution is 5.93. The molecule has 5 heteroatoms. The zero-order valence-corrected chi connectivity index (χ0v) is 14.2. The lowest BCUT2D eigenvalue weighted by molar-refractivity contribution is -0.117. The Bertz CT molecular complexity index is 596. The summed E-state index contributed by atoms with van der Waals surface area (Å²) >= 11 is 0. The Morgan fingerprint density at radius 3 is 2.54 bits per heavy atom. The summed E-state index contributed by atoms with van der Waals surface area (Å²) in [6, 6.07) is 9.95. The van der Waals surface area contributed by atoms with E-state index in [0.29, 0.717) is 23.8 Å². The topological polar surface area (TPSA) is 59.4 Å². The second kappa shape index (κ2) is 8.27. The number of benzene rings is 1. The first kappa shape index (κ1) is 16.9. The van der Waals surface area contributed by atoms with Gasteiger partial charge in [0.1, 0.15) is 6.07 Å². The fourth-order valence-electron chi connectivity index (χ4n) is 3.81. The van der Waals surface area contributed by atoms with E-state index in [0.717, 1.165) is 25.9 Å². The Morgan fingerprint density at radius 2 is 1.83 bits per heavy atom. The quantitative estimate of drug-likeness (QED) is 0.923. The molecule has 2 aliphatic heterocycles. The van der Waals surface area contributed by atoms with E-state index in [1.165, 1.54) is 32.4 Å². The molecule has 5 nitrogen and oxygen atoms in total. The summed E-state index contributed by atoms with van der Waals surface area (Å²) in [5.41, 5.74) is 1.11. The maximum absolute atomic E-state index is 12.3. The average molecular weight is 326 g/mol. The molecule has 1 amide bonds. The van der Waals surface area contributed by atoms with Gasteiger partial charge in [0.15, 0.2) is 0 Å². The largest absolute Gasteiger partial charge is 0.324 e. The number of hydrogen-bond donors (Lipinski definition) is 1. The minimum absolute atomic E-state index is 0.0332. The Morgan fingerprint density at radius 1 is 1.12 bits per heavy atom. The number of nitrogens with one attached hydrogen (secondary N) is 1. The lowest BCUT2D eigenvalue weighted by Gasteiger charge is -2.40. The molecule has 2 saturated heterocycles. The molecule has 1 aromatic rings. The molecule has 2 aliphatic rings. The number of carbonyl (C=O) groups is 1. The molecule has 2 fully saturated rings. The lowest BCUT2D eigenvalue weighted by Crippen LogP contribution is -2.48. The summed E-state index contributed by atoms with van der Waals surface area (Å²) in [5, 5.41) is 12.0. The third-order valence-electron chi connectivity index (χ3n) is 5.15. The van der Waals surface area contributed by atoms with E-state index in [1.54, 1.807) is 18.2 Å². The second-order valence-corrected chi connectivity index (χ2v) is 6.81.